The molecule has 3 heterocycles. The normalized spacial score (nSPS) is 19.5. The molecule has 1 aliphatic heterocycles. The van der Waals surface area contributed by atoms with Gasteiger partial charge in [-0.15, -0.1) is 5.10 Å². The molecule has 2 bridgehead atoms. The summed E-state index contributed by atoms with van der Waals surface area (Å²) in [6.07, 6.45) is 6.62. The Morgan fingerprint density at radius 1 is 1.16 bits per heavy atom. The largest absolute Gasteiger partial charge is 0.351 e. The zero-order valence-corrected chi connectivity index (χ0v) is 22.2. The number of fused-ring (bicyclic) bond motifs is 1. The Balaban J connectivity index is 1.52. The molecule has 1 unspecified atom stereocenters. The fourth-order valence-electron chi connectivity index (χ4n) is 5.26. The maximum absolute atomic E-state index is 13.5. The summed E-state index contributed by atoms with van der Waals surface area (Å²) in [5.41, 5.74) is 2.51. The predicted octanol–water partition coefficient (Wildman–Crippen LogP) is 0.971. The van der Waals surface area contributed by atoms with Crippen LogP contribution < -0.4 is 5.32 Å². The number of nitrogens with zero attached hydrogens (tertiary/aromatic N) is 8. The van der Waals surface area contributed by atoms with Gasteiger partial charge in [-0.05, 0) is 54.9 Å². The molecule has 4 rings (SSSR count). The summed E-state index contributed by atoms with van der Waals surface area (Å²) < 4.78 is 3.34. The minimum absolute atomic E-state index is 0.0114. The summed E-state index contributed by atoms with van der Waals surface area (Å²) in [6.45, 7) is 6.88. The average Bonchev–Trinajstić information content (AvgIpc) is 3.51. The van der Waals surface area contributed by atoms with Crippen molar-refractivity contribution >= 4 is 17.7 Å². The topological polar surface area (TPSA) is 131 Å². The van der Waals surface area contributed by atoms with Crippen LogP contribution in [0.15, 0.2) is 6.33 Å². The van der Waals surface area contributed by atoms with E-state index in [1.807, 2.05) is 16.6 Å². The highest BCUT2D eigenvalue weighted by molar-refractivity contribution is 5.94. The first-order valence-corrected chi connectivity index (χ1v) is 13.4. The number of tetrazole rings is 1. The minimum Gasteiger partial charge on any atom is -0.351 e. The van der Waals surface area contributed by atoms with E-state index in [9.17, 15) is 14.4 Å². The third-order valence-electron chi connectivity index (χ3n) is 7.36. The zero-order valence-electron chi connectivity index (χ0n) is 22.2. The lowest BCUT2D eigenvalue weighted by Gasteiger charge is -2.35. The van der Waals surface area contributed by atoms with Crippen molar-refractivity contribution in [3.63, 3.8) is 0 Å². The molecule has 1 atom stereocenters. The van der Waals surface area contributed by atoms with Crippen molar-refractivity contribution in [2.75, 3.05) is 26.2 Å². The molecule has 0 aromatic carbocycles. The van der Waals surface area contributed by atoms with E-state index in [2.05, 4.69) is 39.8 Å². The fraction of sp³-hybridized carbons (Fsp3) is 0.720. The van der Waals surface area contributed by atoms with Crippen LogP contribution in [0.2, 0.25) is 0 Å². The minimum atomic E-state index is -0.191. The van der Waals surface area contributed by atoms with Crippen LogP contribution in [0.1, 0.15) is 74.1 Å². The maximum Gasteiger partial charge on any atom is 0.272 e. The van der Waals surface area contributed by atoms with Gasteiger partial charge in [-0.2, -0.15) is 5.10 Å². The number of aryl methyl sites for hydroxylation is 2. The van der Waals surface area contributed by atoms with Gasteiger partial charge in [0.05, 0.1) is 6.54 Å². The van der Waals surface area contributed by atoms with Gasteiger partial charge in [0.15, 0.2) is 5.69 Å². The maximum atomic E-state index is 13.5. The van der Waals surface area contributed by atoms with Gasteiger partial charge in [0.1, 0.15) is 6.33 Å². The number of amides is 3. The van der Waals surface area contributed by atoms with Crippen molar-refractivity contribution in [2.45, 2.75) is 77.8 Å². The van der Waals surface area contributed by atoms with E-state index in [-0.39, 0.29) is 30.2 Å². The predicted molar refractivity (Wildman–Crippen MR) is 135 cm³/mol. The Morgan fingerprint density at radius 2 is 1.97 bits per heavy atom. The number of carbonyl (C=O) groups excluding carboxylic acids is 3. The summed E-state index contributed by atoms with van der Waals surface area (Å²) in [6, 6.07) is 0.0497. The third-order valence-corrected chi connectivity index (χ3v) is 7.36. The second-order valence-corrected chi connectivity index (χ2v) is 10.5. The van der Waals surface area contributed by atoms with Crippen molar-refractivity contribution in [3.8, 4) is 0 Å². The Bertz CT molecular complexity index is 1080. The second-order valence-electron chi connectivity index (χ2n) is 10.5. The van der Waals surface area contributed by atoms with Crippen LogP contribution in [0.4, 0.5) is 0 Å². The SMILES string of the molecule is CC(C)CCN1C(=O)CCCN(C(=O)CCn2cnnn2)CCCNC(=O)c2nn(C)c3c2CC1CC3. The number of nitrogens with one attached hydrogen (secondary N) is 1. The lowest BCUT2D eigenvalue weighted by Crippen LogP contribution is -2.45. The van der Waals surface area contributed by atoms with Crippen LogP contribution in [0.3, 0.4) is 0 Å². The molecule has 0 saturated carbocycles. The summed E-state index contributed by atoms with van der Waals surface area (Å²) >= 11 is 0. The first-order chi connectivity index (χ1) is 17.8. The lowest BCUT2D eigenvalue weighted by atomic mass is 9.89. The Kier molecular flexibility index (Phi) is 8.88. The first kappa shape index (κ1) is 26.7. The molecular formula is C25H39N9O3. The van der Waals surface area contributed by atoms with Crippen molar-refractivity contribution in [1.82, 2.24) is 45.1 Å². The molecule has 202 valence electrons. The number of hydrogen-bond donors (Lipinski definition) is 1. The molecule has 12 nitrogen and oxygen atoms in total. The molecule has 2 aromatic heterocycles. The highest BCUT2D eigenvalue weighted by atomic mass is 16.2. The Labute approximate surface area is 217 Å². The van der Waals surface area contributed by atoms with Crippen molar-refractivity contribution < 1.29 is 14.4 Å². The van der Waals surface area contributed by atoms with E-state index >= 15 is 0 Å². The van der Waals surface area contributed by atoms with Crippen LogP contribution >= 0.6 is 0 Å². The van der Waals surface area contributed by atoms with Crippen molar-refractivity contribution in [2.24, 2.45) is 13.0 Å². The van der Waals surface area contributed by atoms with Crippen molar-refractivity contribution in [1.29, 1.82) is 0 Å². The lowest BCUT2D eigenvalue weighted by molar-refractivity contribution is -0.135. The highest BCUT2D eigenvalue weighted by Gasteiger charge is 2.33. The van der Waals surface area contributed by atoms with E-state index in [1.165, 1.54) is 11.0 Å². The monoisotopic (exact) mass is 513 g/mol. The number of carbonyl (C=O) groups is 3. The van der Waals surface area contributed by atoms with Crippen LogP contribution in [-0.2, 0) is 36.0 Å². The van der Waals surface area contributed by atoms with E-state index < -0.39 is 0 Å². The molecule has 12 heteroatoms. The van der Waals surface area contributed by atoms with Gasteiger partial charge in [-0.3, -0.25) is 19.1 Å². The number of hydrogen-bond acceptors (Lipinski definition) is 7. The van der Waals surface area contributed by atoms with E-state index in [4.69, 9.17) is 0 Å². The third kappa shape index (κ3) is 6.72. The van der Waals surface area contributed by atoms with Crippen LogP contribution in [-0.4, -0.2) is 89.7 Å². The second kappa shape index (κ2) is 12.3. The molecule has 2 aromatic rings. The van der Waals surface area contributed by atoms with Gasteiger partial charge in [0, 0.05) is 63.4 Å². The molecule has 0 fully saturated rings. The summed E-state index contributed by atoms with van der Waals surface area (Å²) in [7, 11) is 1.88. The molecule has 0 spiro atoms. The molecule has 37 heavy (non-hydrogen) atoms. The van der Waals surface area contributed by atoms with Gasteiger partial charge in [-0.1, -0.05) is 13.8 Å². The zero-order chi connectivity index (χ0) is 26.4. The van der Waals surface area contributed by atoms with Gasteiger partial charge < -0.3 is 15.1 Å². The molecule has 0 saturated heterocycles. The summed E-state index contributed by atoms with van der Waals surface area (Å²) in [4.78, 5) is 43.4. The van der Waals surface area contributed by atoms with Crippen LogP contribution in [0.5, 0.6) is 0 Å². The van der Waals surface area contributed by atoms with E-state index in [0.29, 0.717) is 70.0 Å². The van der Waals surface area contributed by atoms with Gasteiger partial charge in [0.25, 0.3) is 5.91 Å². The smallest absolute Gasteiger partial charge is 0.272 e. The van der Waals surface area contributed by atoms with Crippen LogP contribution in [0, 0.1) is 5.92 Å². The number of rotatable bonds is 6. The summed E-state index contributed by atoms with van der Waals surface area (Å²) in [5.74, 6) is 0.406. The van der Waals surface area contributed by atoms with Gasteiger partial charge >= 0.3 is 0 Å². The van der Waals surface area contributed by atoms with Crippen LogP contribution in [0.25, 0.3) is 0 Å². The molecule has 0 radical (unpaired) electrons. The van der Waals surface area contributed by atoms with E-state index in [0.717, 1.165) is 30.5 Å². The van der Waals surface area contributed by atoms with Crippen molar-refractivity contribution in [3.05, 3.63) is 23.3 Å². The fourth-order valence-corrected chi connectivity index (χ4v) is 5.26. The van der Waals surface area contributed by atoms with Gasteiger partial charge in [-0.25, -0.2) is 4.68 Å². The standard InChI is InChI=1S/C25H39N9O3/c1-18(2)9-15-34-19-7-8-21-20(16-19)24(28-31(21)3)25(37)26-11-5-13-32(12-4-6-23(34)36)22(35)10-14-33-17-27-29-30-33/h17-19H,4-16H2,1-3H3,(H,26,37). The highest BCUT2D eigenvalue weighted by Crippen LogP contribution is 2.28. The quantitative estimate of drug-likeness (QED) is 0.609. The molecule has 1 N–H and O–H groups in total. The Morgan fingerprint density at radius 3 is 2.73 bits per heavy atom. The number of aromatic nitrogens is 6. The molecular weight excluding hydrogens is 474 g/mol. The van der Waals surface area contributed by atoms with Gasteiger partial charge in [0.2, 0.25) is 11.8 Å². The molecule has 2 aliphatic rings. The average molecular weight is 514 g/mol. The molecule has 1 aliphatic carbocycles. The first-order valence-electron chi connectivity index (χ1n) is 13.4. The molecule has 3 amide bonds. The van der Waals surface area contributed by atoms with E-state index in [1.54, 1.807) is 4.90 Å². The Hall–Kier alpha value is -3.31. The summed E-state index contributed by atoms with van der Waals surface area (Å²) in [5, 5.41) is 18.6.